The first-order valence-electron chi connectivity index (χ1n) is 6.15. The van der Waals surface area contributed by atoms with E-state index in [0.717, 1.165) is 29.9 Å². The number of halogens is 2. The minimum absolute atomic E-state index is 0.624. The van der Waals surface area contributed by atoms with Crippen molar-refractivity contribution in [3.05, 3.63) is 26.5 Å². The van der Waals surface area contributed by atoms with Gasteiger partial charge in [0, 0.05) is 30.9 Å². The molecule has 0 saturated heterocycles. The van der Waals surface area contributed by atoms with Gasteiger partial charge in [-0.25, -0.2) is 0 Å². The molecule has 0 atom stereocenters. The topological polar surface area (TPSA) is 29.9 Å². The molecule has 0 aromatic carbocycles. The molecule has 3 nitrogen and oxygen atoms in total. The van der Waals surface area contributed by atoms with Gasteiger partial charge >= 0.3 is 0 Å². The van der Waals surface area contributed by atoms with E-state index >= 15 is 0 Å². The van der Waals surface area contributed by atoms with Crippen LogP contribution in [0.2, 0.25) is 8.67 Å². The Kier molecular flexibility index (Phi) is 4.90. The summed E-state index contributed by atoms with van der Waals surface area (Å²) in [5.74, 6) is 0.624. The third kappa shape index (κ3) is 3.72. The van der Waals surface area contributed by atoms with Gasteiger partial charge in [-0.3, -0.25) is 4.68 Å². The molecule has 2 aromatic heterocycles. The molecule has 1 N–H and O–H groups in total. The lowest BCUT2D eigenvalue weighted by atomic mass is 10.1. The molecule has 2 heterocycles. The van der Waals surface area contributed by atoms with Crippen LogP contribution in [0.15, 0.2) is 12.3 Å². The largest absolute Gasteiger partial charge is 0.312 e. The van der Waals surface area contributed by atoms with E-state index in [9.17, 15) is 0 Å². The maximum absolute atomic E-state index is 6.21. The van der Waals surface area contributed by atoms with Crippen LogP contribution in [0.25, 0.3) is 11.3 Å². The van der Waals surface area contributed by atoms with Crippen LogP contribution in [0, 0.1) is 5.92 Å². The molecule has 2 aromatic rings. The van der Waals surface area contributed by atoms with Gasteiger partial charge in [-0.15, -0.1) is 11.3 Å². The maximum Gasteiger partial charge on any atom is 0.104 e. The monoisotopic (exact) mass is 317 g/mol. The number of aromatic nitrogens is 2. The van der Waals surface area contributed by atoms with Gasteiger partial charge in [0.05, 0.1) is 10.0 Å². The van der Waals surface area contributed by atoms with Crippen LogP contribution >= 0.6 is 34.5 Å². The average Bonchev–Trinajstić information content (AvgIpc) is 2.81. The quantitative estimate of drug-likeness (QED) is 0.895. The molecule has 0 unspecified atom stereocenters. The fourth-order valence-electron chi connectivity index (χ4n) is 1.89. The number of nitrogens with one attached hydrogen (secondary N) is 1. The van der Waals surface area contributed by atoms with Crippen molar-refractivity contribution < 1.29 is 0 Å². The van der Waals surface area contributed by atoms with Gasteiger partial charge in [-0.05, 0) is 18.5 Å². The van der Waals surface area contributed by atoms with Crippen molar-refractivity contribution in [2.45, 2.75) is 20.4 Å². The van der Waals surface area contributed by atoms with Crippen LogP contribution in [0.1, 0.15) is 19.4 Å². The van der Waals surface area contributed by atoms with Gasteiger partial charge in [0.25, 0.3) is 0 Å². The maximum atomic E-state index is 6.21. The minimum Gasteiger partial charge on any atom is -0.312 e. The Balaban J connectivity index is 2.23. The normalized spacial score (nSPS) is 11.5. The molecule has 0 amide bonds. The van der Waals surface area contributed by atoms with Crippen LogP contribution in [-0.2, 0) is 13.6 Å². The molecule has 0 aliphatic rings. The SMILES string of the molecule is CC(C)CNCc1cn(C)nc1-c1cc(Cl)sc1Cl. The summed E-state index contributed by atoms with van der Waals surface area (Å²) in [6, 6.07) is 1.88. The van der Waals surface area contributed by atoms with Gasteiger partial charge in [0.1, 0.15) is 4.34 Å². The molecule has 0 aliphatic carbocycles. The molecule has 0 radical (unpaired) electrons. The first kappa shape index (κ1) is 14.9. The van der Waals surface area contributed by atoms with Crippen molar-refractivity contribution in [2.75, 3.05) is 6.54 Å². The fourth-order valence-corrected chi connectivity index (χ4v) is 3.36. The molecule has 104 valence electrons. The van der Waals surface area contributed by atoms with Crippen LogP contribution in [-0.4, -0.2) is 16.3 Å². The Morgan fingerprint density at radius 2 is 2.16 bits per heavy atom. The number of thiophene rings is 1. The molecule has 0 fully saturated rings. The van der Waals surface area contributed by atoms with Crippen LogP contribution < -0.4 is 5.32 Å². The molecule has 0 saturated carbocycles. The van der Waals surface area contributed by atoms with Gasteiger partial charge in [0.2, 0.25) is 0 Å². The summed E-state index contributed by atoms with van der Waals surface area (Å²) in [7, 11) is 1.91. The van der Waals surface area contributed by atoms with E-state index in [2.05, 4.69) is 24.3 Å². The first-order valence-corrected chi connectivity index (χ1v) is 7.73. The van der Waals surface area contributed by atoms with Crippen LogP contribution in [0.5, 0.6) is 0 Å². The Labute approximate surface area is 127 Å². The Bertz CT molecular complexity index is 560. The van der Waals surface area contributed by atoms with E-state index in [0.29, 0.717) is 14.6 Å². The zero-order valence-electron chi connectivity index (χ0n) is 11.2. The number of rotatable bonds is 5. The second-order valence-corrected chi connectivity index (χ2v) is 7.22. The Morgan fingerprint density at radius 1 is 1.42 bits per heavy atom. The number of hydrogen-bond acceptors (Lipinski definition) is 3. The molecular formula is C13H17Cl2N3S. The van der Waals surface area contributed by atoms with Crippen molar-refractivity contribution in [2.24, 2.45) is 13.0 Å². The summed E-state index contributed by atoms with van der Waals surface area (Å²) in [6.07, 6.45) is 2.02. The zero-order chi connectivity index (χ0) is 14.0. The highest BCUT2D eigenvalue weighted by molar-refractivity contribution is 7.20. The van der Waals surface area contributed by atoms with E-state index in [4.69, 9.17) is 23.2 Å². The number of aryl methyl sites for hydroxylation is 1. The van der Waals surface area contributed by atoms with Gasteiger partial charge in [0.15, 0.2) is 0 Å². The Hall–Kier alpha value is -0.550. The lowest BCUT2D eigenvalue weighted by Gasteiger charge is -2.07. The molecule has 2 rings (SSSR count). The smallest absolute Gasteiger partial charge is 0.104 e. The summed E-state index contributed by atoms with van der Waals surface area (Å²) in [6.45, 7) is 6.14. The van der Waals surface area contributed by atoms with Crippen molar-refractivity contribution in [1.82, 2.24) is 15.1 Å². The number of nitrogens with zero attached hydrogens (tertiary/aromatic N) is 2. The summed E-state index contributed by atoms with van der Waals surface area (Å²) in [4.78, 5) is 0. The highest BCUT2D eigenvalue weighted by Gasteiger charge is 2.15. The second kappa shape index (κ2) is 6.27. The highest BCUT2D eigenvalue weighted by Crippen LogP contribution is 2.38. The highest BCUT2D eigenvalue weighted by atomic mass is 35.5. The van der Waals surface area contributed by atoms with Crippen molar-refractivity contribution in [1.29, 1.82) is 0 Å². The Morgan fingerprint density at radius 3 is 2.74 bits per heavy atom. The van der Waals surface area contributed by atoms with E-state index in [1.54, 1.807) is 0 Å². The molecular weight excluding hydrogens is 301 g/mol. The minimum atomic E-state index is 0.624. The summed E-state index contributed by atoms with van der Waals surface area (Å²) in [5, 5.41) is 7.92. The molecule has 0 bridgehead atoms. The van der Waals surface area contributed by atoms with Gasteiger partial charge < -0.3 is 5.32 Å². The third-order valence-corrected chi connectivity index (χ3v) is 4.17. The van der Waals surface area contributed by atoms with E-state index in [-0.39, 0.29) is 0 Å². The van der Waals surface area contributed by atoms with Gasteiger partial charge in [-0.2, -0.15) is 5.10 Å². The molecule has 19 heavy (non-hydrogen) atoms. The lowest BCUT2D eigenvalue weighted by molar-refractivity contribution is 0.552. The summed E-state index contributed by atoms with van der Waals surface area (Å²) in [5.41, 5.74) is 2.96. The lowest BCUT2D eigenvalue weighted by Crippen LogP contribution is -2.19. The van der Waals surface area contributed by atoms with E-state index in [1.807, 2.05) is 24.0 Å². The van der Waals surface area contributed by atoms with Crippen LogP contribution in [0.4, 0.5) is 0 Å². The van der Waals surface area contributed by atoms with Gasteiger partial charge in [-0.1, -0.05) is 37.0 Å². The first-order chi connectivity index (χ1) is 8.97. The molecule has 0 aliphatic heterocycles. The molecule has 0 spiro atoms. The van der Waals surface area contributed by atoms with Crippen molar-refractivity contribution in [3.8, 4) is 11.3 Å². The van der Waals surface area contributed by atoms with E-state index in [1.165, 1.54) is 11.3 Å². The number of hydrogen-bond donors (Lipinski definition) is 1. The van der Waals surface area contributed by atoms with E-state index < -0.39 is 0 Å². The van der Waals surface area contributed by atoms with Crippen molar-refractivity contribution in [3.63, 3.8) is 0 Å². The standard InChI is InChI=1S/C13H17Cl2N3S/c1-8(2)5-16-6-9-7-18(3)17-12(9)10-4-11(14)19-13(10)15/h4,7-8,16H,5-6H2,1-3H3. The second-order valence-electron chi connectivity index (χ2n) is 4.94. The predicted octanol–water partition coefficient (Wildman–Crippen LogP) is 4.20. The fraction of sp³-hybridized carbons (Fsp3) is 0.462. The third-order valence-electron chi connectivity index (χ3n) is 2.68. The zero-order valence-corrected chi connectivity index (χ0v) is 13.5. The average molecular weight is 318 g/mol. The predicted molar refractivity (Wildman–Crippen MR) is 83.1 cm³/mol. The summed E-state index contributed by atoms with van der Waals surface area (Å²) < 4.78 is 3.18. The van der Waals surface area contributed by atoms with Crippen LogP contribution in [0.3, 0.4) is 0 Å². The summed E-state index contributed by atoms with van der Waals surface area (Å²) >= 11 is 13.6. The van der Waals surface area contributed by atoms with Crippen molar-refractivity contribution >= 4 is 34.5 Å². The molecule has 6 heteroatoms.